The zero-order valence-electron chi connectivity index (χ0n) is 12.6. The van der Waals surface area contributed by atoms with Gasteiger partial charge in [0.1, 0.15) is 11.0 Å². The van der Waals surface area contributed by atoms with Gasteiger partial charge in [-0.2, -0.15) is 0 Å². The van der Waals surface area contributed by atoms with Crippen molar-refractivity contribution in [3.8, 4) is 5.75 Å². The third-order valence-corrected chi connectivity index (χ3v) is 5.88. The van der Waals surface area contributed by atoms with E-state index in [2.05, 4.69) is 21.2 Å². The Balaban J connectivity index is 2.19. The lowest BCUT2D eigenvalue weighted by Gasteiger charge is -2.14. The fraction of sp³-hybridized carbons (Fsp3) is 0.188. The van der Waals surface area contributed by atoms with Crippen LogP contribution in [0.2, 0.25) is 0 Å². The minimum Gasteiger partial charge on any atom is -0.497 e. The van der Waals surface area contributed by atoms with E-state index in [0.717, 1.165) is 4.47 Å². The predicted octanol–water partition coefficient (Wildman–Crippen LogP) is 3.26. The largest absolute Gasteiger partial charge is 0.497 e. The number of nitrogens with one attached hydrogen (secondary N) is 1. The molecule has 122 valence electrons. The molecule has 0 radical (unpaired) electrons. The molecule has 0 saturated heterocycles. The van der Waals surface area contributed by atoms with Gasteiger partial charge in [-0.15, -0.1) is 0 Å². The van der Waals surface area contributed by atoms with Crippen molar-refractivity contribution < 1.29 is 17.9 Å². The average molecular weight is 398 g/mol. The number of sulfone groups is 1. The summed E-state index contributed by atoms with van der Waals surface area (Å²) in [6, 6.07) is 12.9. The van der Waals surface area contributed by atoms with Crippen LogP contribution in [0.3, 0.4) is 0 Å². The van der Waals surface area contributed by atoms with Gasteiger partial charge in [-0.1, -0.05) is 22.0 Å². The van der Waals surface area contributed by atoms with Gasteiger partial charge in [0.2, 0.25) is 5.91 Å². The number of benzene rings is 2. The molecule has 1 N–H and O–H groups in total. The Labute approximate surface area is 143 Å². The fourth-order valence-electron chi connectivity index (χ4n) is 1.92. The monoisotopic (exact) mass is 397 g/mol. The molecular weight excluding hydrogens is 382 g/mol. The Hall–Kier alpha value is -1.86. The van der Waals surface area contributed by atoms with Crippen molar-refractivity contribution >= 4 is 37.4 Å². The van der Waals surface area contributed by atoms with Crippen molar-refractivity contribution in [2.24, 2.45) is 0 Å². The SMILES string of the molecule is COc1ccc(S(=O)(=O)C(C)C(=O)Nc2cccc(Br)c2)cc1. The van der Waals surface area contributed by atoms with Gasteiger partial charge in [-0.05, 0) is 49.4 Å². The highest BCUT2D eigenvalue weighted by molar-refractivity contribution is 9.10. The molecule has 1 unspecified atom stereocenters. The first-order valence-electron chi connectivity index (χ1n) is 6.79. The molecule has 0 aliphatic heterocycles. The zero-order chi connectivity index (χ0) is 17.0. The fourth-order valence-corrected chi connectivity index (χ4v) is 3.58. The van der Waals surface area contributed by atoms with Crippen LogP contribution in [0.1, 0.15) is 6.92 Å². The van der Waals surface area contributed by atoms with Gasteiger partial charge < -0.3 is 10.1 Å². The molecule has 2 rings (SSSR count). The maximum Gasteiger partial charge on any atom is 0.242 e. The molecule has 7 heteroatoms. The molecule has 1 amide bonds. The van der Waals surface area contributed by atoms with Crippen LogP contribution in [-0.2, 0) is 14.6 Å². The molecule has 0 aliphatic rings. The average Bonchev–Trinajstić information content (AvgIpc) is 2.54. The van der Waals surface area contributed by atoms with E-state index >= 15 is 0 Å². The summed E-state index contributed by atoms with van der Waals surface area (Å²) >= 11 is 3.30. The van der Waals surface area contributed by atoms with E-state index in [4.69, 9.17) is 4.74 Å². The van der Waals surface area contributed by atoms with Crippen LogP contribution >= 0.6 is 15.9 Å². The molecule has 0 spiro atoms. The molecule has 23 heavy (non-hydrogen) atoms. The summed E-state index contributed by atoms with van der Waals surface area (Å²) in [5, 5.41) is 1.40. The molecule has 2 aromatic carbocycles. The standard InChI is InChI=1S/C16H16BrNO4S/c1-11(16(19)18-13-5-3-4-12(17)10-13)23(20,21)15-8-6-14(22-2)7-9-15/h3-11H,1-2H3,(H,18,19). The number of ether oxygens (including phenoxy) is 1. The number of carbonyl (C=O) groups excluding carboxylic acids is 1. The molecule has 0 bridgehead atoms. The number of methoxy groups -OCH3 is 1. The van der Waals surface area contributed by atoms with Crippen LogP contribution in [0.4, 0.5) is 5.69 Å². The van der Waals surface area contributed by atoms with Crippen molar-refractivity contribution in [3.05, 3.63) is 53.0 Å². The van der Waals surface area contributed by atoms with E-state index in [1.54, 1.807) is 30.3 Å². The Kier molecular flexibility index (Phi) is 5.43. The molecule has 5 nitrogen and oxygen atoms in total. The highest BCUT2D eigenvalue weighted by Gasteiger charge is 2.29. The predicted molar refractivity (Wildman–Crippen MR) is 92.4 cm³/mol. The minimum atomic E-state index is -3.77. The van der Waals surface area contributed by atoms with Gasteiger partial charge >= 0.3 is 0 Å². The second kappa shape index (κ2) is 7.14. The second-order valence-electron chi connectivity index (χ2n) is 4.86. The van der Waals surface area contributed by atoms with Gasteiger partial charge in [-0.25, -0.2) is 8.42 Å². The van der Waals surface area contributed by atoms with Crippen LogP contribution < -0.4 is 10.1 Å². The smallest absolute Gasteiger partial charge is 0.242 e. The molecule has 0 aliphatic carbocycles. The number of rotatable bonds is 5. The zero-order valence-corrected chi connectivity index (χ0v) is 15.0. The number of anilines is 1. The van der Waals surface area contributed by atoms with Crippen molar-refractivity contribution in [3.63, 3.8) is 0 Å². The topological polar surface area (TPSA) is 72.5 Å². The third-order valence-electron chi connectivity index (χ3n) is 3.31. The molecular formula is C16H16BrNO4S. The summed E-state index contributed by atoms with van der Waals surface area (Å²) in [4.78, 5) is 12.3. The van der Waals surface area contributed by atoms with Crippen LogP contribution in [0.5, 0.6) is 5.75 Å². The maximum atomic E-state index is 12.5. The summed E-state index contributed by atoms with van der Waals surface area (Å²) in [5.41, 5.74) is 0.529. The van der Waals surface area contributed by atoms with Gasteiger partial charge in [0.05, 0.1) is 12.0 Å². The van der Waals surface area contributed by atoms with E-state index < -0.39 is 21.0 Å². The highest BCUT2D eigenvalue weighted by atomic mass is 79.9. The maximum absolute atomic E-state index is 12.5. The molecule has 0 aromatic heterocycles. The second-order valence-corrected chi connectivity index (χ2v) is 8.05. The van der Waals surface area contributed by atoms with Crippen molar-refractivity contribution in [2.75, 3.05) is 12.4 Å². The summed E-state index contributed by atoms with van der Waals surface area (Å²) in [7, 11) is -2.28. The number of hydrogen-bond acceptors (Lipinski definition) is 4. The summed E-state index contributed by atoms with van der Waals surface area (Å²) < 4.78 is 30.8. The summed E-state index contributed by atoms with van der Waals surface area (Å²) in [6.07, 6.45) is 0. The number of hydrogen-bond donors (Lipinski definition) is 1. The van der Waals surface area contributed by atoms with Crippen molar-refractivity contribution in [1.29, 1.82) is 0 Å². The van der Waals surface area contributed by atoms with Crippen LogP contribution in [0.25, 0.3) is 0 Å². The van der Waals surface area contributed by atoms with E-state index in [0.29, 0.717) is 11.4 Å². The first kappa shape index (κ1) is 17.5. The lowest BCUT2D eigenvalue weighted by molar-refractivity contribution is -0.115. The lowest BCUT2D eigenvalue weighted by atomic mass is 10.3. The van der Waals surface area contributed by atoms with Gasteiger partial charge in [0, 0.05) is 10.2 Å². The Morgan fingerprint density at radius 3 is 2.39 bits per heavy atom. The Morgan fingerprint density at radius 2 is 1.83 bits per heavy atom. The Morgan fingerprint density at radius 1 is 1.17 bits per heavy atom. The van der Waals surface area contributed by atoms with Crippen molar-refractivity contribution in [2.45, 2.75) is 17.1 Å². The summed E-state index contributed by atoms with van der Waals surface area (Å²) in [5.74, 6) is -0.0332. The number of halogens is 1. The van der Waals surface area contributed by atoms with Crippen molar-refractivity contribution in [1.82, 2.24) is 0 Å². The van der Waals surface area contributed by atoms with E-state index in [9.17, 15) is 13.2 Å². The van der Waals surface area contributed by atoms with Gasteiger partial charge in [0.15, 0.2) is 9.84 Å². The highest BCUT2D eigenvalue weighted by Crippen LogP contribution is 2.21. The quantitative estimate of drug-likeness (QED) is 0.839. The normalized spacial score (nSPS) is 12.5. The van der Waals surface area contributed by atoms with Crippen LogP contribution in [0.15, 0.2) is 57.9 Å². The third kappa shape index (κ3) is 4.11. The Bertz CT molecular complexity index is 803. The van der Waals surface area contributed by atoms with E-state index in [1.165, 1.54) is 26.2 Å². The number of carbonyl (C=O) groups is 1. The van der Waals surface area contributed by atoms with E-state index in [1.807, 2.05) is 6.07 Å². The first-order valence-corrected chi connectivity index (χ1v) is 9.13. The van der Waals surface area contributed by atoms with Gasteiger partial charge in [0.25, 0.3) is 0 Å². The number of amides is 1. The van der Waals surface area contributed by atoms with E-state index in [-0.39, 0.29) is 4.90 Å². The molecule has 2 aromatic rings. The lowest BCUT2D eigenvalue weighted by Crippen LogP contribution is -2.32. The van der Waals surface area contributed by atoms with Crippen LogP contribution in [0, 0.1) is 0 Å². The molecule has 0 heterocycles. The molecule has 1 atom stereocenters. The molecule has 0 saturated carbocycles. The first-order chi connectivity index (χ1) is 10.8. The summed E-state index contributed by atoms with van der Waals surface area (Å²) in [6.45, 7) is 1.37. The van der Waals surface area contributed by atoms with Gasteiger partial charge in [-0.3, -0.25) is 4.79 Å². The van der Waals surface area contributed by atoms with Crippen LogP contribution in [-0.4, -0.2) is 26.7 Å². The molecule has 0 fully saturated rings. The minimum absolute atomic E-state index is 0.0789.